The van der Waals surface area contributed by atoms with Crippen molar-refractivity contribution in [3.8, 4) is 6.07 Å². The quantitative estimate of drug-likeness (QED) is 0.456. The first-order chi connectivity index (χ1) is 17.6. The number of nitrogens with one attached hydrogen (secondary N) is 3. The molecule has 4 amide bonds. The van der Waals surface area contributed by atoms with Crippen molar-refractivity contribution >= 4 is 23.6 Å². The van der Waals surface area contributed by atoms with Crippen molar-refractivity contribution in [1.29, 1.82) is 5.26 Å². The second kappa shape index (κ2) is 8.58. The van der Waals surface area contributed by atoms with E-state index in [9.17, 15) is 37.6 Å². The summed E-state index contributed by atoms with van der Waals surface area (Å²) < 4.78 is 39.3. The zero-order valence-electron chi connectivity index (χ0n) is 21.8. The van der Waals surface area contributed by atoms with E-state index in [0.717, 1.165) is 19.3 Å². The maximum atomic E-state index is 13.7. The molecule has 38 heavy (non-hydrogen) atoms. The van der Waals surface area contributed by atoms with Crippen LogP contribution in [0, 0.1) is 39.9 Å². The summed E-state index contributed by atoms with van der Waals surface area (Å²) in [6.07, 6.45) is -0.887. The number of likely N-dealkylation sites (tertiary alicyclic amines) is 1. The van der Waals surface area contributed by atoms with Crippen LogP contribution >= 0.6 is 0 Å². The van der Waals surface area contributed by atoms with Gasteiger partial charge in [0.1, 0.15) is 18.1 Å². The van der Waals surface area contributed by atoms with E-state index < -0.39 is 53.4 Å². The molecule has 0 radical (unpaired) electrons. The van der Waals surface area contributed by atoms with Crippen molar-refractivity contribution in [2.75, 3.05) is 6.54 Å². The van der Waals surface area contributed by atoms with E-state index in [2.05, 4.69) is 16.7 Å². The van der Waals surface area contributed by atoms with E-state index in [1.807, 2.05) is 19.2 Å². The molecular weight excluding hydrogens is 503 g/mol. The molecule has 3 aliphatic carbocycles. The van der Waals surface area contributed by atoms with Crippen LogP contribution in [0.2, 0.25) is 0 Å². The fraction of sp³-hybridized carbons (Fsp3) is 0.808. The van der Waals surface area contributed by atoms with E-state index in [1.54, 1.807) is 6.92 Å². The summed E-state index contributed by atoms with van der Waals surface area (Å²) in [4.78, 5) is 52.8. The van der Waals surface area contributed by atoms with E-state index >= 15 is 0 Å². The van der Waals surface area contributed by atoms with Gasteiger partial charge in [0, 0.05) is 18.0 Å². The predicted octanol–water partition coefficient (Wildman–Crippen LogP) is 1.77. The number of piperidine rings is 1. The Morgan fingerprint density at radius 3 is 2.32 bits per heavy atom. The molecule has 2 heterocycles. The molecule has 9 nitrogen and oxygen atoms in total. The van der Waals surface area contributed by atoms with Gasteiger partial charge >= 0.3 is 12.1 Å². The topological polar surface area (TPSA) is 131 Å². The Kier molecular flexibility index (Phi) is 6.04. The highest BCUT2D eigenvalue weighted by Gasteiger charge is 2.70. The molecule has 0 aromatic rings. The summed E-state index contributed by atoms with van der Waals surface area (Å²) in [5, 5.41) is 17.4. The average Bonchev–Trinajstić information content (AvgIpc) is 3.53. The lowest BCUT2D eigenvalue weighted by molar-refractivity contribution is -0.177. The van der Waals surface area contributed by atoms with Crippen LogP contribution in [0.5, 0.6) is 0 Å². The molecule has 0 bridgehead atoms. The second-order valence-electron chi connectivity index (χ2n) is 12.9. The van der Waals surface area contributed by atoms with Crippen LogP contribution in [0.1, 0.15) is 65.7 Å². The smallest absolute Gasteiger partial charge is 0.350 e. The number of nitriles is 1. The van der Waals surface area contributed by atoms with Gasteiger partial charge in [-0.05, 0) is 61.2 Å². The number of hydrogen-bond donors (Lipinski definition) is 3. The minimum absolute atomic E-state index is 0.0220. The second-order valence-corrected chi connectivity index (χ2v) is 12.9. The number of alkyl halides is 3. The minimum atomic E-state index is -5.14. The van der Waals surface area contributed by atoms with Crippen LogP contribution in [-0.2, 0) is 19.2 Å². The van der Waals surface area contributed by atoms with Crippen LogP contribution in [0.25, 0.3) is 0 Å². The normalized spacial score (nSPS) is 32.8. The fourth-order valence-electron chi connectivity index (χ4n) is 7.08. The highest BCUT2D eigenvalue weighted by Crippen LogP contribution is 2.65. The predicted molar refractivity (Wildman–Crippen MR) is 127 cm³/mol. The number of nitrogens with zero attached hydrogens (tertiary/aromatic N) is 2. The van der Waals surface area contributed by atoms with Gasteiger partial charge < -0.3 is 20.9 Å². The van der Waals surface area contributed by atoms with Gasteiger partial charge in [-0.1, -0.05) is 27.2 Å². The zero-order chi connectivity index (χ0) is 27.8. The number of rotatable bonds is 7. The summed E-state index contributed by atoms with van der Waals surface area (Å²) in [7, 11) is 0. The molecule has 12 heteroatoms. The highest BCUT2D eigenvalue weighted by molar-refractivity contribution is 5.95. The lowest BCUT2D eigenvalue weighted by Gasteiger charge is -2.46. The first-order valence-electron chi connectivity index (χ1n) is 13.3. The maximum absolute atomic E-state index is 13.7. The monoisotopic (exact) mass is 537 g/mol. The summed E-state index contributed by atoms with van der Waals surface area (Å²) in [6.45, 7) is 5.81. The van der Waals surface area contributed by atoms with Gasteiger partial charge in [-0.3, -0.25) is 19.2 Å². The average molecular weight is 538 g/mol. The van der Waals surface area contributed by atoms with Crippen molar-refractivity contribution in [2.45, 2.75) is 95.6 Å². The van der Waals surface area contributed by atoms with Gasteiger partial charge in [0.25, 0.3) is 0 Å². The molecule has 0 unspecified atom stereocenters. The van der Waals surface area contributed by atoms with Gasteiger partial charge in [0.05, 0.1) is 6.07 Å². The number of amides is 4. The van der Waals surface area contributed by atoms with Gasteiger partial charge in [0.15, 0.2) is 0 Å². The van der Waals surface area contributed by atoms with Crippen LogP contribution in [0.4, 0.5) is 13.2 Å². The van der Waals surface area contributed by atoms with Crippen molar-refractivity contribution in [2.24, 2.45) is 28.6 Å². The Morgan fingerprint density at radius 2 is 1.82 bits per heavy atom. The van der Waals surface area contributed by atoms with Gasteiger partial charge in [-0.25, -0.2) is 0 Å². The summed E-state index contributed by atoms with van der Waals surface area (Å²) in [5.74, 6) is -4.20. The Balaban J connectivity index is 1.33. The molecule has 5 aliphatic rings. The molecule has 2 aliphatic heterocycles. The van der Waals surface area contributed by atoms with E-state index in [0.29, 0.717) is 19.3 Å². The molecule has 3 N–H and O–H groups in total. The lowest BCUT2D eigenvalue weighted by Crippen LogP contribution is -2.63. The largest absolute Gasteiger partial charge is 0.471 e. The number of halogens is 3. The SMILES string of the molecule is CC1([C@H](NC(=O)C(F)(F)F)C(=O)N2C[C@H]3[C@@H]([C@H]2C(=O)N[C@H](C#N)C[C@@H]2CC4(CC4)NC2=O)C3(C)C)CCC1. The van der Waals surface area contributed by atoms with Gasteiger partial charge in [-0.15, -0.1) is 0 Å². The molecule has 1 spiro atoms. The molecule has 0 aromatic carbocycles. The molecule has 6 atom stereocenters. The van der Waals surface area contributed by atoms with Crippen LogP contribution in [0.15, 0.2) is 0 Å². The van der Waals surface area contributed by atoms with Crippen LogP contribution < -0.4 is 16.0 Å². The number of fused-ring (bicyclic) bond motifs is 1. The van der Waals surface area contributed by atoms with Crippen molar-refractivity contribution in [1.82, 2.24) is 20.9 Å². The molecular formula is C26H34F3N5O4. The van der Waals surface area contributed by atoms with Crippen molar-refractivity contribution in [3.05, 3.63) is 0 Å². The number of carbonyl (C=O) groups excluding carboxylic acids is 4. The van der Waals surface area contributed by atoms with E-state index in [4.69, 9.17) is 0 Å². The molecule has 5 rings (SSSR count). The molecule has 3 saturated carbocycles. The van der Waals surface area contributed by atoms with Gasteiger partial charge in [-0.2, -0.15) is 18.4 Å². The molecule has 208 valence electrons. The summed E-state index contributed by atoms with van der Waals surface area (Å²) >= 11 is 0. The van der Waals surface area contributed by atoms with Crippen molar-refractivity contribution < 1.29 is 32.3 Å². The molecule has 5 fully saturated rings. The van der Waals surface area contributed by atoms with Crippen LogP contribution in [-0.4, -0.2) is 64.9 Å². The third kappa shape index (κ3) is 4.41. The molecule has 0 aromatic heterocycles. The van der Waals surface area contributed by atoms with Crippen molar-refractivity contribution in [3.63, 3.8) is 0 Å². The Hall–Kier alpha value is -2.84. The fourth-order valence-corrected chi connectivity index (χ4v) is 7.08. The zero-order valence-corrected chi connectivity index (χ0v) is 21.8. The molecule has 2 saturated heterocycles. The summed E-state index contributed by atoms with van der Waals surface area (Å²) in [5.41, 5.74) is -1.26. The number of carbonyl (C=O) groups is 4. The standard InChI is InChI=1S/C26H34F3N5O4/c1-23(2)15-12-34(21(37)18(24(3)5-4-6-24)32-22(38)26(27,28)29)17(16(15)23)20(36)31-14(11-30)9-13-10-25(7-8-25)33-19(13)35/h13-18H,4-10,12H2,1-3H3,(H,31,36)(H,32,38)(H,33,35)/t13-,14+,15+,16+,17+,18-/m1/s1. The maximum Gasteiger partial charge on any atom is 0.471 e. The van der Waals surface area contributed by atoms with Gasteiger partial charge in [0.2, 0.25) is 17.7 Å². The summed E-state index contributed by atoms with van der Waals surface area (Å²) in [6, 6.07) is -1.28. The third-order valence-corrected chi connectivity index (χ3v) is 9.98. The minimum Gasteiger partial charge on any atom is -0.350 e. The Bertz CT molecular complexity index is 1110. The lowest BCUT2D eigenvalue weighted by atomic mass is 9.65. The highest BCUT2D eigenvalue weighted by atomic mass is 19.4. The Morgan fingerprint density at radius 1 is 1.16 bits per heavy atom. The van der Waals surface area contributed by atoms with Crippen LogP contribution in [0.3, 0.4) is 0 Å². The first kappa shape index (κ1) is 26.8. The Labute approximate surface area is 219 Å². The van der Waals surface area contributed by atoms with E-state index in [-0.39, 0.29) is 41.7 Å². The number of hydrogen-bond acceptors (Lipinski definition) is 5. The first-order valence-corrected chi connectivity index (χ1v) is 13.3. The third-order valence-electron chi connectivity index (χ3n) is 9.98. The van der Waals surface area contributed by atoms with E-state index in [1.165, 1.54) is 4.90 Å².